The molecule has 2 heterocycles. The lowest BCUT2D eigenvalue weighted by Gasteiger charge is -2.37. The second kappa shape index (κ2) is 11.2. The summed E-state index contributed by atoms with van der Waals surface area (Å²) < 4.78 is 36.9. The van der Waals surface area contributed by atoms with Crippen molar-refractivity contribution in [2.75, 3.05) is 5.32 Å². The molecule has 2 N–H and O–H groups in total. The first-order chi connectivity index (χ1) is 18.4. The van der Waals surface area contributed by atoms with Crippen LogP contribution in [0.1, 0.15) is 44.2 Å². The van der Waals surface area contributed by atoms with Crippen LogP contribution in [0, 0.1) is 28.4 Å². The minimum Gasteiger partial charge on any atom is -0.429 e. The van der Waals surface area contributed by atoms with Gasteiger partial charge >= 0.3 is 6.09 Å². The number of halogens is 5. The molecule has 0 bridgehead atoms. The Balaban J connectivity index is 1.88. The van der Waals surface area contributed by atoms with Gasteiger partial charge in [0.15, 0.2) is 17.2 Å². The zero-order chi connectivity index (χ0) is 28.5. The predicted octanol–water partition coefficient (Wildman–Crippen LogP) is 7.24. The van der Waals surface area contributed by atoms with E-state index in [1.807, 2.05) is 20.8 Å². The van der Waals surface area contributed by atoms with E-state index >= 15 is 8.78 Å². The van der Waals surface area contributed by atoms with E-state index in [4.69, 9.17) is 39.5 Å². The molecule has 4 atom stereocenters. The van der Waals surface area contributed by atoms with Crippen LogP contribution in [0.4, 0.5) is 19.4 Å². The third kappa shape index (κ3) is 5.94. The number of carbonyl (C=O) groups is 1. The Morgan fingerprint density at radius 3 is 2.51 bits per heavy atom. The van der Waals surface area contributed by atoms with E-state index in [-0.39, 0.29) is 37.6 Å². The summed E-state index contributed by atoms with van der Waals surface area (Å²) in [7, 11) is 0. The number of aromatic nitrogens is 2. The van der Waals surface area contributed by atoms with E-state index < -0.39 is 41.3 Å². The fraction of sp³-hybridized carbons (Fsp3) is 0.333. The third-order valence-corrected chi connectivity index (χ3v) is 7.23. The van der Waals surface area contributed by atoms with Crippen LogP contribution in [0.2, 0.25) is 15.2 Å². The lowest BCUT2D eigenvalue weighted by atomic mass is 9.63. The van der Waals surface area contributed by atoms with Gasteiger partial charge in [-0.3, -0.25) is 10.6 Å². The molecule has 4 rings (SSSR count). The summed E-state index contributed by atoms with van der Waals surface area (Å²) in [5.41, 5.74) is -2.14. The molecule has 12 heteroatoms. The summed E-state index contributed by atoms with van der Waals surface area (Å²) in [4.78, 5) is 13.0. The molecule has 0 unspecified atom stereocenters. The highest BCUT2D eigenvalue weighted by Crippen LogP contribution is 2.53. The van der Waals surface area contributed by atoms with Gasteiger partial charge in [0, 0.05) is 16.6 Å². The molecule has 1 aromatic heterocycles. The molecule has 7 nitrogen and oxygen atoms in total. The van der Waals surface area contributed by atoms with E-state index in [1.165, 1.54) is 42.5 Å². The molecule has 1 aliphatic heterocycles. The van der Waals surface area contributed by atoms with Gasteiger partial charge in [0.05, 0.1) is 17.0 Å². The summed E-state index contributed by atoms with van der Waals surface area (Å²) in [6, 6.07) is 12.6. The number of benzene rings is 2. The number of anilines is 1. The first kappa shape index (κ1) is 29.0. The SMILES string of the molecule is CC(C)(C)C[C@@H]1N[C@H](OC(=O)Nc2ccc(Cl)nn2)[C@H](c2cccc(Cl)c2F)[C@@]1(C#N)c1ccc(Cl)cc1F. The first-order valence-electron chi connectivity index (χ1n) is 11.9. The maximum Gasteiger partial charge on any atom is 0.414 e. The van der Waals surface area contributed by atoms with Gasteiger partial charge in [0.1, 0.15) is 17.0 Å². The molecular weight excluding hydrogens is 571 g/mol. The molecule has 39 heavy (non-hydrogen) atoms. The molecule has 1 saturated heterocycles. The molecule has 0 aliphatic carbocycles. The van der Waals surface area contributed by atoms with Crippen LogP contribution in [0.15, 0.2) is 48.5 Å². The second-order valence-corrected chi connectivity index (χ2v) is 11.6. The van der Waals surface area contributed by atoms with Crippen LogP contribution in [-0.4, -0.2) is 28.6 Å². The van der Waals surface area contributed by atoms with Crippen molar-refractivity contribution in [3.8, 4) is 6.07 Å². The summed E-state index contributed by atoms with van der Waals surface area (Å²) >= 11 is 17.9. The molecule has 1 amide bonds. The fourth-order valence-corrected chi connectivity index (χ4v) is 5.45. The van der Waals surface area contributed by atoms with Crippen LogP contribution in [0.25, 0.3) is 0 Å². The Hall–Kier alpha value is -3.03. The van der Waals surface area contributed by atoms with Gasteiger partial charge < -0.3 is 4.74 Å². The number of ether oxygens (including phenoxy) is 1. The van der Waals surface area contributed by atoms with Crippen LogP contribution >= 0.6 is 34.8 Å². The van der Waals surface area contributed by atoms with E-state index in [9.17, 15) is 10.1 Å². The van der Waals surface area contributed by atoms with Crippen molar-refractivity contribution >= 4 is 46.7 Å². The summed E-state index contributed by atoms with van der Waals surface area (Å²) in [5.74, 6) is -2.73. The third-order valence-electron chi connectivity index (χ3n) is 6.50. The van der Waals surface area contributed by atoms with Crippen molar-refractivity contribution in [3.05, 3.63) is 86.5 Å². The summed E-state index contributed by atoms with van der Waals surface area (Å²) in [6.07, 6.45) is -1.90. The molecule has 1 aliphatic rings. The number of nitriles is 1. The Morgan fingerprint density at radius 2 is 1.90 bits per heavy atom. The van der Waals surface area contributed by atoms with Gasteiger partial charge in [0.2, 0.25) is 0 Å². The molecule has 1 fully saturated rings. The van der Waals surface area contributed by atoms with Gasteiger partial charge in [-0.25, -0.2) is 13.6 Å². The van der Waals surface area contributed by atoms with Gasteiger partial charge in [-0.15, -0.1) is 10.2 Å². The van der Waals surface area contributed by atoms with Crippen molar-refractivity contribution in [1.82, 2.24) is 15.5 Å². The largest absolute Gasteiger partial charge is 0.429 e. The highest BCUT2D eigenvalue weighted by molar-refractivity contribution is 6.31. The fourth-order valence-electron chi connectivity index (χ4n) is 5.00. The van der Waals surface area contributed by atoms with Gasteiger partial charge in [0.25, 0.3) is 0 Å². The average molecular weight is 595 g/mol. The Labute approximate surface area is 239 Å². The number of nitrogens with zero attached hydrogens (tertiary/aromatic N) is 3. The van der Waals surface area contributed by atoms with E-state index in [0.29, 0.717) is 6.42 Å². The Morgan fingerprint density at radius 1 is 1.15 bits per heavy atom. The number of carbonyl (C=O) groups excluding carboxylic acids is 1. The smallest absolute Gasteiger partial charge is 0.414 e. The molecule has 3 aromatic rings. The zero-order valence-corrected chi connectivity index (χ0v) is 23.4. The first-order valence-corrected chi connectivity index (χ1v) is 13.0. The number of nitrogens with one attached hydrogen (secondary N) is 2. The Bertz CT molecular complexity index is 1430. The van der Waals surface area contributed by atoms with Crippen LogP contribution in [0.3, 0.4) is 0 Å². The second-order valence-electron chi connectivity index (χ2n) is 10.4. The van der Waals surface area contributed by atoms with E-state index in [1.54, 1.807) is 0 Å². The predicted molar refractivity (Wildman–Crippen MR) is 145 cm³/mol. The lowest BCUT2D eigenvalue weighted by Crippen LogP contribution is -2.44. The van der Waals surface area contributed by atoms with Crippen molar-refractivity contribution in [2.24, 2.45) is 5.41 Å². The standard InChI is InChI=1S/C27H24Cl3F2N5O2/c1-26(2,3)12-19-27(13-33,16-8-7-14(28)11-18(16)31)22(15-5-4-6-17(29)23(15)32)24(34-19)39-25(38)35-21-10-9-20(30)36-37-21/h4-11,19,22,24,34H,12H2,1-3H3,(H,35,37,38)/t19-,22-,24+,27-/m0/s1. The van der Waals surface area contributed by atoms with E-state index in [0.717, 1.165) is 6.07 Å². The highest BCUT2D eigenvalue weighted by atomic mass is 35.5. The number of rotatable bonds is 5. The zero-order valence-electron chi connectivity index (χ0n) is 21.1. The summed E-state index contributed by atoms with van der Waals surface area (Å²) in [6.45, 7) is 5.85. The van der Waals surface area contributed by atoms with Crippen molar-refractivity contribution < 1.29 is 18.3 Å². The van der Waals surface area contributed by atoms with Crippen molar-refractivity contribution in [1.29, 1.82) is 5.26 Å². The topological polar surface area (TPSA) is 99.9 Å². The maximum atomic E-state index is 15.6. The minimum atomic E-state index is -1.74. The molecule has 0 saturated carbocycles. The lowest BCUT2D eigenvalue weighted by molar-refractivity contribution is 0.0850. The van der Waals surface area contributed by atoms with Crippen molar-refractivity contribution in [3.63, 3.8) is 0 Å². The number of hydrogen-bond donors (Lipinski definition) is 2. The molecule has 204 valence electrons. The van der Waals surface area contributed by atoms with Crippen LogP contribution < -0.4 is 10.6 Å². The van der Waals surface area contributed by atoms with Gasteiger partial charge in [-0.2, -0.15) is 5.26 Å². The summed E-state index contributed by atoms with van der Waals surface area (Å²) in [5, 5.41) is 23.9. The molecule has 2 aromatic carbocycles. The minimum absolute atomic E-state index is 0.0180. The maximum absolute atomic E-state index is 15.6. The van der Waals surface area contributed by atoms with Crippen LogP contribution in [0.5, 0.6) is 0 Å². The van der Waals surface area contributed by atoms with E-state index in [2.05, 4.69) is 26.9 Å². The van der Waals surface area contributed by atoms with Gasteiger partial charge in [-0.1, -0.05) is 73.8 Å². The molecule has 0 radical (unpaired) electrons. The monoisotopic (exact) mass is 593 g/mol. The number of amides is 1. The van der Waals surface area contributed by atoms with Crippen LogP contribution in [-0.2, 0) is 10.2 Å². The molecule has 0 spiro atoms. The highest BCUT2D eigenvalue weighted by Gasteiger charge is 2.61. The normalized spacial score (nSPS) is 22.8. The quantitative estimate of drug-likeness (QED) is 0.323. The Kier molecular flexibility index (Phi) is 8.33. The van der Waals surface area contributed by atoms with Crippen molar-refractivity contribution in [2.45, 2.75) is 50.8 Å². The van der Waals surface area contributed by atoms with Gasteiger partial charge in [-0.05, 0) is 47.7 Å². The molecular formula is C27H24Cl3F2N5O2. The average Bonchev–Trinajstić information content (AvgIpc) is 3.13. The number of hydrogen-bond acceptors (Lipinski definition) is 6.